The molecular weight excluding hydrogens is 284 g/mol. The topological polar surface area (TPSA) is 50.4 Å². The van der Waals surface area contributed by atoms with Gasteiger partial charge >= 0.3 is 5.63 Å². The van der Waals surface area contributed by atoms with Gasteiger partial charge in [-0.3, -0.25) is 0 Å². The Morgan fingerprint density at radius 3 is 2.79 bits per heavy atom. The van der Waals surface area contributed by atoms with Gasteiger partial charge in [-0.2, -0.15) is 11.8 Å². The molecule has 0 radical (unpaired) electrons. The molecule has 3 nitrogen and oxygen atoms in total. The lowest BCUT2D eigenvalue weighted by molar-refractivity contribution is 0.322. The summed E-state index contributed by atoms with van der Waals surface area (Å²) in [6.45, 7) is 2.14. The molecule has 0 spiro atoms. The molecule has 5 heteroatoms. The Morgan fingerprint density at radius 2 is 2.11 bits per heavy atom. The van der Waals surface area contributed by atoms with Crippen molar-refractivity contribution in [3.8, 4) is 0 Å². The first kappa shape index (κ1) is 14.4. The van der Waals surface area contributed by atoms with Crippen LogP contribution in [0.3, 0.4) is 0 Å². The highest BCUT2D eigenvalue weighted by Crippen LogP contribution is 2.27. The maximum absolute atomic E-state index is 11.6. The summed E-state index contributed by atoms with van der Waals surface area (Å²) in [6.07, 6.45) is 0.794. The SMILES string of the molecule is CCc1cc2oc(=O)cc(CSCCO)c2cc1Cl. The molecule has 19 heavy (non-hydrogen) atoms. The van der Waals surface area contributed by atoms with E-state index in [1.165, 1.54) is 6.07 Å². The largest absolute Gasteiger partial charge is 0.423 e. The van der Waals surface area contributed by atoms with Crippen molar-refractivity contribution in [1.82, 2.24) is 0 Å². The van der Waals surface area contributed by atoms with E-state index in [1.54, 1.807) is 11.8 Å². The Morgan fingerprint density at radius 1 is 1.32 bits per heavy atom. The Labute approximate surface area is 120 Å². The van der Waals surface area contributed by atoms with Crippen molar-refractivity contribution in [3.63, 3.8) is 0 Å². The molecule has 102 valence electrons. The van der Waals surface area contributed by atoms with Gasteiger partial charge in [-0.05, 0) is 29.7 Å². The second-order valence-electron chi connectivity index (χ2n) is 4.16. The summed E-state index contributed by atoms with van der Waals surface area (Å²) in [5.74, 6) is 1.30. The maximum atomic E-state index is 11.6. The Bertz CT molecular complexity index is 636. The van der Waals surface area contributed by atoms with E-state index in [0.717, 1.165) is 22.9 Å². The minimum atomic E-state index is -0.350. The number of rotatable bonds is 5. The standard InChI is InChI=1S/C14H15ClO3S/c1-2-9-5-13-11(7-12(9)15)10(6-14(17)18-13)8-19-4-3-16/h5-7,16H,2-4,8H2,1H3. The van der Waals surface area contributed by atoms with Gasteiger partial charge in [0.2, 0.25) is 0 Å². The zero-order valence-corrected chi connectivity index (χ0v) is 12.2. The molecule has 1 N–H and O–H groups in total. The van der Waals surface area contributed by atoms with Gasteiger partial charge in [0.25, 0.3) is 0 Å². The third-order valence-electron chi connectivity index (χ3n) is 2.87. The van der Waals surface area contributed by atoms with Crippen molar-refractivity contribution in [2.75, 3.05) is 12.4 Å². The van der Waals surface area contributed by atoms with Crippen molar-refractivity contribution in [2.24, 2.45) is 0 Å². The van der Waals surface area contributed by atoms with Crippen LogP contribution in [0.15, 0.2) is 27.4 Å². The van der Waals surface area contributed by atoms with Crippen LogP contribution in [0.5, 0.6) is 0 Å². The van der Waals surface area contributed by atoms with Gasteiger partial charge in [-0.15, -0.1) is 0 Å². The summed E-state index contributed by atoms with van der Waals surface area (Å²) >= 11 is 7.78. The number of thioether (sulfide) groups is 1. The van der Waals surface area contributed by atoms with Crippen LogP contribution in [0.1, 0.15) is 18.1 Å². The van der Waals surface area contributed by atoms with Gasteiger partial charge < -0.3 is 9.52 Å². The molecule has 0 bridgehead atoms. The summed E-state index contributed by atoms with van der Waals surface area (Å²) in [4.78, 5) is 11.6. The smallest absolute Gasteiger partial charge is 0.336 e. The van der Waals surface area contributed by atoms with E-state index in [0.29, 0.717) is 22.1 Å². The number of benzene rings is 1. The molecule has 0 unspecified atom stereocenters. The summed E-state index contributed by atoms with van der Waals surface area (Å²) in [5, 5.41) is 10.4. The van der Waals surface area contributed by atoms with E-state index in [-0.39, 0.29) is 12.2 Å². The molecule has 0 saturated carbocycles. The van der Waals surface area contributed by atoms with Crippen molar-refractivity contribution >= 4 is 34.3 Å². The van der Waals surface area contributed by atoms with Crippen LogP contribution in [-0.4, -0.2) is 17.5 Å². The predicted molar refractivity (Wildman–Crippen MR) is 80.1 cm³/mol. The fourth-order valence-corrected chi connectivity index (χ4v) is 2.96. The van der Waals surface area contributed by atoms with Gasteiger partial charge in [0.05, 0.1) is 6.61 Å². The molecule has 0 amide bonds. The van der Waals surface area contributed by atoms with Crippen molar-refractivity contribution in [1.29, 1.82) is 0 Å². The molecule has 2 aromatic rings. The minimum Gasteiger partial charge on any atom is -0.423 e. The van der Waals surface area contributed by atoms with E-state index >= 15 is 0 Å². The van der Waals surface area contributed by atoms with Crippen LogP contribution in [0.2, 0.25) is 5.02 Å². The number of aliphatic hydroxyl groups is 1. The normalized spacial score (nSPS) is 11.1. The van der Waals surface area contributed by atoms with Crippen molar-refractivity contribution in [3.05, 3.63) is 44.8 Å². The second kappa shape index (κ2) is 6.46. The highest BCUT2D eigenvalue weighted by Gasteiger charge is 2.09. The van der Waals surface area contributed by atoms with E-state index in [1.807, 2.05) is 19.1 Å². The first-order chi connectivity index (χ1) is 9.15. The highest BCUT2D eigenvalue weighted by atomic mass is 35.5. The van der Waals surface area contributed by atoms with Crippen molar-refractivity contribution < 1.29 is 9.52 Å². The third-order valence-corrected chi connectivity index (χ3v) is 4.21. The molecule has 0 fully saturated rings. The maximum Gasteiger partial charge on any atom is 0.336 e. The Hall–Kier alpha value is -0.970. The van der Waals surface area contributed by atoms with Gasteiger partial charge in [0.15, 0.2) is 0 Å². The fourth-order valence-electron chi connectivity index (χ4n) is 1.93. The third kappa shape index (κ3) is 3.32. The molecule has 1 aromatic carbocycles. The van der Waals surface area contributed by atoms with Crippen LogP contribution in [-0.2, 0) is 12.2 Å². The van der Waals surface area contributed by atoms with E-state index in [9.17, 15) is 4.79 Å². The molecule has 1 aromatic heterocycles. The number of aryl methyl sites for hydroxylation is 1. The zero-order chi connectivity index (χ0) is 13.8. The molecule has 0 aliphatic heterocycles. The summed E-state index contributed by atoms with van der Waals surface area (Å²) in [6, 6.07) is 5.18. The monoisotopic (exact) mass is 298 g/mol. The Balaban J connectivity index is 2.50. The quantitative estimate of drug-likeness (QED) is 0.680. The Kier molecular flexibility index (Phi) is 4.91. The van der Waals surface area contributed by atoms with E-state index in [2.05, 4.69) is 0 Å². The lowest BCUT2D eigenvalue weighted by atomic mass is 10.1. The number of halogens is 1. The predicted octanol–water partition coefficient (Wildman–Crippen LogP) is 3.23. The molecular formula is C14H15ClO3S. The average Bonchev–Trinajstić information content (AvgIpc) is 2.39. The van der Waals surface area contributed by atoms with Crippen LogP contribution >= 0.6 is 23.4 Å². The molecule has 0 aliphatic rings. The van der Waals surface area contributed by atoms with Gasteiger partial charge in [-0.25, -0.2) is 4.79 Å². The second-order valence-corrected chi connectivity index (χ2v) is 5.67. The number of hydrogen-bond donors (Lipinski definition) is 1. The van der Waals surface area contributed by atoms with Crippen LogP contribution in [0, 0.1) is 0 Å². The number of aliphatic hydroxyl groups excluding tert-OH is 1. The minimum absolute atomic E-state index is 0.130. The van der Waals surface area contributed by atoms with Crippen LogP contribution < -0.4 is 5.63 Å². The molecule has 0 aliphatic carbocycles. The summed E-state index contributed by atoms with van der Waals surface area (Å²) in [5.41, 5.74) is 2.09. The molecule has 2 rings (SSSR count). The summed E-state index contributed by atoms with van der Waals surface area (Å²) in [7, 11) is 0. The first-order valence-electron chi connectivity index (χ1n) is 6.09. The number of hydrogen-bond acceptors (Lipinski definition) is 4. The van der Waals surface area contributed by atoms with Crippen LogP contribution in [0.25, 0.3) is 11.0 Å². The average molecular weight is 299 g/mol. The van der Waals surface area contributed by atoms with E-state index < -0.39 is 0 Å². The van der Waals surface area contributed by atoms with Crippen LogP contribution in [0.4, 0.5) is 0 Å². The number of fused-ring (bicyclic) bond motifs is 1. The zero-order valence-electron chi connectivity index (χ0n) is 10.6. The lowest BCUT2D eigenvalue weighted by Gasteiger charge is -2.08. The van der Waals surface area contributed by atoms with Gasteiger partial charge in [-0.1, -0.05) is 18.5 Å². The van der Waals surface area contributed by atoms with E-state index in [4.69, 9.17) is 21.1 Å². The molecule has 0 atom stereocenters. The lowest BCUT2D eigenvalue weighted by Crippen LogP contribution is -2.01. The molecule has 1 heterocycles. The summed E-state index contributed by atoms with van der Waals surface area (Å²) < 4.78 is 5.23. The van der Waals surface area contributed by atoms with Crippen molar-refractivity contribution in [2.45, 2.75) is 19.1 Å². The highest BCUT2D eigenvalue weighted by molar-refractivity contribution is 7.98. The van der Waals surface area contributed by atoms with Gasteiger partial charge in [0, 0.05) is 28.0 Å². The van der Waals surface area contributed by atoms with Gasteiger partial charge in [0.1, 0.15) is 5.58 Å². The fraction of sp³-hybridized carbons (Fsp3) is 0.357. The first-order valence-corrected chi connectivity index (χ1v) is 7.62. The molecule has 0 saturated heterocycles.